The minimum atomic E-state index is -0.911. The molecule has 2 unspecified atom stereocenters. The van der Waals surface area contributed by atoms with Crippen molar-refractivity contribution in [2.45, 2.75) is 31.9 Å². The fourth-order valence-corrected chi connectivity index (χ4v) is 2.70. The number of fused-ring (bicyclic) bond motifs is 1. The zero-order chi connectivity index (χ0) is 13.6. The Kier molecular flexibility index (Phi) is 2.89. The van der Waals surface area contributed by atoms with Gasteiger partial charge in [-0.05, 0) is 31.9 Å². The van der Waals surface area contributed by atoms with Gasteiger partial charge in [0, 0.05) is 6.61 Å². The lowest BCUT2D eigenvalue weighted by atomic mass is 10.1. The number of ether oxygens (including phenoxy) is 1. The molecule has 1 fully saturated rings. The molecule has 19 heavy (non-hydrogen) atoms. The first-order valence-electron chi connectivity index (χ1n) is 6.32. The summed E-state index contributed by atoms with van der Waals surface area (Å²) in [5, 5.41) is 0. The van der Waals surface area contributed by atoms with E-state index in [0.717, 1.165) is 18.9 Å². The van der Waals surface area contributed by atoms with Crippen molar-refractivity contribution in [1.82, 2.24) is 9.55 Å². The standard InChI is InChI=1S/C13H15F2N3O/c1-7(10-3-2-6-19-10)18-12-9(17-13(18)16)5-4-8(14)11(12)15/h4-5,7,10H,2-3,6H2,1H3,(H2,16,17). The van der Waals surface area contributed by atoms with Crippen LogP contribution < -0.4 is 5.73 Å². The molecule has 3 rings (SSSR count). The SMILES string of the molecule is CC(C1CCCO1)n1c(N)nc2ccc(F)c(F)c21. The average Bonchev–Trinajstić information content (AvgIpc) is 3.00. The summed E-state index contributed by atoms with van der Waals surface area (Å²) in [6.45, 7) is 2.58. The van der Waals surface area contributed by atoms with Crippen molar-refractivity contribution in [2.75, 3.05) is 12.3 Å². The van der Waals surface area contributed by atoms with E-state index in [2.05, 4.69) is 4.98 Å². The molecule has 0 saturated carbocycles. The van der Waals surface area contributed by atoms with Gasteiger partial charge in [0.2, 0.25) is 5.95 Å². The topological polar surface area (TPSA) is 53.1 Å². The number of hydrogen-bond acceptors (Lipinski definition) is 3. The molecule has 0 radical (unpaired) electrons. The van der Waals surface area contributed by atoms with E-state index in [0.29, 0.717) is 12.1 Å². The van der Waals surface area contributed by atoms with Crippen molar-refractivity contribution < 1.29 is 13.5 Å². The zero-order valence-corrected chi connectivity index (χ0v) is 10.6. The van der Waals surface area contributed by atoms with Gasteiger partial charge in [0.05, 0.1) is 17.7 Å². The highest BCUT2D eigenvalue weighted by atomic mass is 19.2. The van der Waals surface area contributed by atoms with E-state index in [1.54, 1.807) is 0 Å². The Bertz CT molecular complexity index is 620. The summed E-state index contributed by atoms with van der Waals surface area (Å²) in [6, 6.07) is 2.32. The summed E-state index contributed by atoms with van der Waals surface area (Å²) in [5.74, 6) is -1.62. The number of nitrogens with zero attached hydrogens (tertiary/aromatic N) is 2. The molecule has 1 saturated heterocycles. The molecule has 4 nitrogen and oxygen atoms in total. The largest absolute Gasteiger partial charge is 0.376 e. The first-order chi connectivity index (χ1) is 9.09. The van der Waals surface area contributed by atoms with Crippen LogP contribution in [0.25, 0.3) is 11.0 Å². The predicted octanol–water partition coefficient (Wildman–Crippen LogP) is 2.64. The van der Waals surface area contributed by atoms with Crippen LogP contribution in [0.4, 0.5) is 14.7 Å². The Morgan fingerprint density at radius 2 is 2.26 bits per heavy atom. The summed E-state index contributed by atoms with van der Waals surface area (Å²) in [5.41, 5.74) is 6.32. The Hall–Kier alpha value is -1.69. The first-order valence-corrected chi connectivity index (χ1v) is 6.32. The molecule has 0 aliphatic carbocycles. The van der Waals surface area contributed by atoms with Crippen LogP contribution in [0.5, 0.6) is 0 Å². The van der Waals surface area contributed by atoms with Gasteiger partial charge in [-0.1, -0.05) is 0 Å². The van der Waals surface area contributed by atoms with Crippen LogP contribution in [0.1, 0.15) is 25.8 Å². The number of hydrogen-bond donors (Lipinski definition) is 1. The Balaban J connectivity index is 2.16. The van der Waals surface area contributed by atoms with Gasteiger partial charge in [0.15, 0.2) is 11.6 Å². The van der Waals surface area contributed by atoms with E-state index in [1.165, 1.54) is 10.6 Å². The Morgan fingerprint density at radius 3 is 2.95 bits per heavy atom. The molecule has 1 aliphatic rings. The van der Waals surface area contributed by atoms with Gasteiger partial charge in [-0.3, -0.25) is 0 Å². The maximum atomic E-state index is 14.0. The second kappa shape index (κ2) is 4.45. The molecule has 1 aliphatic heterocycles. The van der Waals surface area contributed by atoms with Gasteiger partial charge in [0.1, 0.15) is 5.52 Å². The maximum Gasteiger partial charge on any atom is 0.201 e. The molecule has 2 aromatic rings. The van der Waals surface area contributed by atoms with Gasteiger partial charge < -0.3 is 15.0 Å². The number of aromatic nitrogens is 2. The van der Waals surface area contributed by atoms with Crippen molar-refractivity contribution in [3.63, 3.8) is 0 Å². The molecular weight excluding hydrogens is 252 g/mol. The molecular formula is C13H15F2N3O. The van der Waals surface area contributed by atoms with E-state index in [1.807, 2.05) is 6.92 Å². The number of nitrogen functional groups attached to an aromatic ring is 1. The minimum Gasteiger partial charge on any atom is -0.376 e. The molecule has 2 atom stereocenters. The lowest BCUT2D eigenvalue weighted by molar-refractivity contribution is 0.0750. The number of imidazole rings is 1. The highest BCUT2D eigenvalue weighted by molar-refractivity contribution is 5.79. The maximum absolute atomic E-state index is 14.0. The van der Waals surface area contributed by atoms with Crippen LogP contribution >= 0.6 is 0 Å². The van der Waals surface area contributed by atoms with Crippen LogP contribution in [0.3, 0.4) is 0 Å². The van der Waals surface area contributed by atoms with E-state index in [-0.39, 0.29) is 23.6 Å². The number of halogens is 2. The molecule has 1 aromatic carbocycles. The van der Waals surface area contributed by atoms with Crippen LogP contribution in [0.15, 0.2) is 12.1 Å². The molecule has 102 valence electrons. The van der Waals surface area contributed by atoms with Crippen molar-refractivity contribution in [2.24, 2.45) is 0 Å². The molecule has 0 amide bonds. The van der Waals surface area contributed by atoms with E-state index in [4.69, 9.17) is 10.5 Å². The molecule has 6 heteroatoms. The van der Waals surface area contributed by atoms with Crippen LogP contribution in [-0.2, 0) is 4.74 Å². The summed E-state index contributed by atoms with van der Waals surface area (Å²) in [4.78, 5) is 4.09. The highest BCUT2D eigenvalue weighted by Gasteiger charge is 2.28. The Morgan fingerprint density at radius 1 is 1.47 bits per heavy atom. The van der Waals surface area contributed by atoms with Gasteiger partial charge in [0.25, 0.3) is 0 Å². The van der Waals surface area contributed by atoms with Crippen LogP contribution in [0, 0.1) is 11.6 Å². The first kappa shape index (κ1) is 12.3. The van der Waals surface area contributed by atoms with Crippen molar-refractivity contribution in [3.05, 3.63) is 23.8 Å². The second-order valence-corrected chi connectivity index (χ2v) is 4.86. The number of benzene rings is 1. The van der Waals surface area contributed by atoms with Crippen molar-refractivity contribution in [1.29, 1.82) is 0 Å². The average molecular weight is 267 g/mol. The number of nitrogens with two attached hydrogens (primary N) is 1. The number of rotatable bonds is 2. The lowest BCUT2D eigenvalue weighted by Gasteiger charge is -2.22. The molecule has 0 bridgehead atoms. The zero-order valence-electron chi connectivity index (χ0n) is 10.6. The fraction of sp³-hybridized carbons (Fsp3) is 0.462. The fourth-order valence-electron chi connectivity index (χ4n) is 2.70. The monoisotopic (exact) mass is 267 g/mol. The third-order valence-electron chi connectivity index (χ3n) is 3.68. The smallest absolute Gasteiger partial charge is 0.201 e. The van der Waals surface area contributed by atoms with Crippen LogP contribution in [0.2, 0.25) is 0 Å². The molecule has 0 spiro atoms. The molecule has 2 heterocycles. The van der Waals surface area contributed by atoms with Gasteiger partial charge in [-0.15, -0.1) is 0 Å². The summed E-state index contributed by atoms with van der Waals surface area (Å²) in [7, 11) is 0. The predicted molar refractivity (Wildman–Crippen MR) is 67.7 cm³/mol. The van der Waals surface area contributed by atoms with Crippen molar-refractivity contribution in [3.8, 4) is 0 Å². The second-order valence-electron chi connectivity index (χ2n) is 4.86. The Labute approximate surface area is 109 Å². The minimum absolute atomic E-state index is 0.0395. The highest BCUT2D eigenvalue weighted by Crippen LogP contribution is 2.31. The summed E-state index contributed by atoms with van der Waals surface area (Å²) in [6.07, 6.45) is 1.82. The third kappa shape index (κ3) is 1.87. The van der Waals surface area contributed by atoms with Crippen molar-refractivity contribution >= 4 is 17.0 Å². The van der Waals surface area contributed by atoms with E-state index < -0.39 is 11.6 Å². The number of anilines is 1. The van der Waals surface area contributed by atoms with E-state index in [9.17, 15) is 8.78 Å². The van der Waals surface area contributed by atoms with Crippen LogP contribution in [-0.4, -0.2) is 22.3 Å². The molecule has 2 N–H and O–H groups in total. The normalized spacial score (nSPS) is 21.1. The quantitative estimate of drug-likeness (QED) is 0.910. The lowest BCUT2D eigenvalue weighted by Crippen LogP contribution is -2.22. The third-order valence-corrected chi connectivity index (χ3v) is 3.68. The summed E-state index contributed by atoms with van der Waals surface area (Å²) < 4.78 is 34.5. The van der Waals surface area contributed by atoms with Gasteiger partial charge >= 0.3 is 0 Å². The van der Waals surface area contributed by atoms with E-state index >= 15 is 0 Å². The van der Waals surface area contributed by atoms with Gasteiger partial charge in [-0.2, -0.15) is 0 Å². The van der Waals surface area contributed by atoms with Gasteiger partial charge in [-0.25, -0.2) is 13.8 Å². The molecule has 1 aromatic heterocycles. The summed E-state index contributed by atoms with van der Waals surface area (Å²) >= 11 is 0.